The molecule has 7 heteroatoms. The van der Waals surface area contributed by atoms with Crippen LogP contribution in [0.1, 0.15) is 29.3 Å². The molecule has 1 atom stereocenters. The van der Waals surface area contributed by atoms with Crippen molar-refractivity contribution in [3.8, 4) is 5.75 Å². The van der Waals surface area contributed by atoms with E-state index in [1.165, 1.54) is 11.1 Å². The van der Waals surface area contributed by atoms with Crippen LogP contribution in [0.25, 0.3) is 0 Å². The SMILES string of the molecule is CN=C(NCCc1nccn1Cc1ccccc1)N1CCC(c2ccc(OC)cc2)C1.I. The maximum Gasteiger partial charge on any atom is 0.193 e. The number of aromatic nitrogens is 2. The molecule has 1 N–H and O–H groups in total. The van der Waals surface area contributed by atoms with Crippen molar-refractivity contribution in [1.82, 2.24) is 19.8 Å². The summed E-state index contributed by atoms with van der Waals surface area (Å²) in [5, 5.41) is 3.53. The summed E-state index contributed by atoms with van der Waals surface area (Å²) >= 11 is 0. The van der Waals surface area contributed by atoms with Crippen molar-refractivity contribution < 1.29 is 4.74 Å². The van der Waals surface area contributed by atoms with E-state index in [1.807, 2.05) is 31.4 Å². The molecule has 0 spiro atoms. The second-order valence-corrected chi connectivity index (χ2v) is 7.89. The zero-order valence-electron chi connectivity index (χ0n) is 18.8. The van der Waals surface area contributed by atoms with Gasteiger partial charge in [-0.3, -0.25) is 4.99 Å². The second-order valence-electron chi connectivity index (χ2n) is 7.89. The molecule has 1 unspecified atom stereocenters. The Hall–Kier alpha value is -2.55. The van der Waals surface area contributed by atoms with Crippen LogP contribution in [0.4, 0.5) is 0 Å². The topological polar surface area (TPSA) is 54.7 Å². The first kappa shape index (κ1) is 24.1. The van der Waals surface area contributed by atoms with Crippen molar-refractivity contribution >= 4 is 29.9 Å². The van der Waals surface area contributed by atoms with Crippen LogP contribution in [0.15, 0.2) is 72.0 Å². The summed E-state index contributed by atoms with van der Waals surface area (Å²) in [6, 6.07) is 18.9. The minimum Gasteiger partial charge on any atom is -0.497 e. The summed E-state index contributed by atoms with van der Waals surface area (Å²) < 4.78 is 7.50. The summed E-state index contributed by atoms with van der Waals surface area (Å²) in [7, 11) is 3.56. The normalized spacial score (nSPS) is 16.0. The van der Waals surface area contributed by atoms with Crippen molar-refractivity contribution in [1.29, 1.82) is 0 Å². The highest BCUT2D eigenvalue weighted by atomic mass is 127. The Kier molecular flexibility index (Phi) is 8.96. The Morgan fingerprint density at radius 3 is 2.66 bits per heavy atom. The predicted octanol–water partition coefficient (Wildman–Crippen LogP) is 4.17. The zero-order valence-corrected chi connectivity index (χ0v) is 21.1. The summed E-state index contributed by atoms with van der Waals surface area (Å²) in [6.07, 6.45) is 5.92. The molecule has 2 aromatic carbocycles. The molecule has 1 aliphatic rings. The van der Waals surface area contributed by atoms with Gasteiger partial charge in [0.2, 0.25) is 0 Å². The van der Waals surface area contributed by atoms with Gasteiger partial charge >= 0.3 is 0 Å². The molecular formula is C25H32IN5O. The van der Waals surface area contributed by atoms with Crippen molar-refractivity contribution in [3.05, 3.63) is 83.9 Å². The first-order valence-electron chi connectivity index (χ1n) is 10.9. The number of nitrogens with zero attached hydrogens (tertiary/aromatic N) is 4. The minimum absolute atomic E-state index is 0. The maximum absolute atomic E-state index is 5.28. The van der Waals surface area contributed by atoms with Crippen LogP contribution in [0.3, 0.4) is 0 Å². The smallest absolute Gasteiger partial charge is 0.193 e. The summed E-state index contributed by atoms with van der Waals surface area (Å²) in [5.74, 6) is 3.48. The van der Waals surface area contributed by atoms with Crippen LogP contribution in [-0.2, 0) is 13.0 Å². The summed E-state index contributed by atoms with van der Waals surface area (Å²) in [6.45, 7) is 3.65. The molecule has 0 aliphatic carbocycles. The van der Waals surface area contributed by atoms with Gasteiger partial charge in [-0.05, 0) is 29.7 Å². The van der Waals surface area contributed by atoms with Crippen LogP contribution < -0.4 is 10.1 Å². The maximum atomic E-state index is 5.28. The van der Waals surface area contributed by atoms with Gasteiger partial charge in [-0.2, -0.15) is 0 Å². The molecule has 6 nitrogen and oxygen atoms in total. The molecule has 0 saturated carbocycles. The number of nitrogens with one attached hydrogen (secondary N) is 1. The molecule has 170 valence electrons. The van der Waals surface area contributed by atoms with Gasteiger partial charge in [-0.1, -0.05) is 42.5 Å². The number of benzene rings is 2. The number of aliphatic imine (C=N–C) groups is 1. The molecule has 1 fully saturated rings. The lowest BCUT2D eigenvalue weighted by Gasteiger charge is -2.22. The van der Waals surface area contributed by atoms with Gasteiger partial charge in [-0.25, -0.2) is 4.98 Å². The molecule has 1 aliphatic heterocycles. The Bertz CT molecular complexity index is 987. The average Bonchev–Trinajstić information content (AvgIpc) is 3.48. The van der Waals surface area contributed by atoms with Crippen molar-refractivity contribution in [2.75, 3.05) is 33.8 Å². The molecule has 1 saturated heterocycles. The number of likely N-dealkylation sites (tertiary alicyclic amines) is 1. The number of methoxy groups -OCH3 is 1. The number of halogens is 1. The molecule has 0 radical (unpaired) electrons. The fourth-order valence-corrected chi connectivity index (χ4v) is 4.21. The van der Waals surface area contributed by atoms with Crippen LogP contribution in [0, 0.1) is 0 Å². The van der Waals surface area contributed by atoms with E-state index in [-0.39, 0.29) is 24.0 Å². The number of rotatable bonds is 7. The highest BCUT2D eigenvalue weighted by Gasteiger charge is 2.26. The lowest BCUT2D eigenvalue weighted by Crippen LogP contribution is -2.40. The lowest BCUT2D eigenvalue weighted by molar-refractivity contribution is 0.414. The Labute approximate surface area is 207 Å². The number of ether oxygens (including phenoxy) is 1. The van der Waals surface area contributed by atoms with E-state index in [0.717, 1.165) is 56.6 Å². The molecule has 4 rings (SSSR count). The van der Waals surface area contributed by atoms with Crippen LogP contribution in [0.5, 0.6) is 5.75 Å². The van der Waals surface area contributed by atoms with Gasteiger partial charge in [0.1, 0.15) is 11.6 Å². The van der Waals surface area contributed by atoms with Crippen LogP contribution >= 0.6 is 24.0 Å². The van der Waals surface area contributed by atoms with Crippen molar-refractivity contribution in [3.63, 3.8) is 0 Å². The third kappa shape index (κ3) is 6.03. The predicted molar refractivity (Wildman–Crippen MR) is 140 cm³/mol. The van der Waals surface area contributed by atoms with Gasteiger partial charge in [0.15, 0.2) is 5.96 Å². The molecule has 0 bridgehead atoms. The first-order valence-corrected chi connectivity index (χ1v) is 10.9. The van der Waals surface area contributed by atoms with E-state index in [4.69, 9.17) is 4.74 Å². The van der Waals surface area contributed by atoms with E-state index < -0.39 is 0 Å². The number of hydrogen-bond donors (Lipinski definition) is 1. The molecule has 3 aromatic rings. The van der Waals surface area contributed by atoms with E-state index in [0.29, 0.717) is 5.92 Å². The fraction of sp³-hybridized carbons (Fsp3) is 0.360. The number of hydrogen-bond acceptors (Lipinski definition) is 3. The molecule has 0 amide bonds. The Morgan fingerprint density at radius 2 is 1.94 bits per heavy atom. The summed E-state index contributed by atoms with van der Waals surface area (Å²) in [5.41, 5.74) is 2.65. The Morgan fingerprint density at radius 1 is 1.16 bits per heavy atom. The van der Waals surface area contributed by atoms with E-state index >= 15 is 0 Å². The monoisotopic (exact) mass is 545 g/mol. The standard InChI is InChI=1S/C25H31N5O.HI/c1-26-25(30-16-13-22(19-30)21-8-10-23(31-2)11-9-21)28-14-12-24-27-15-17-29(24)18-20-6-4-3-5-7-20;/h3-11,15,17,22H,12-14,16,18-19H2,1-2H3,(H,26,28);1H. The van der Waals surface area contributed by atoms with Gasteiger partial charge in [0.25, 0.3) is 0 Å². The van der Waals surface area contributed by atoms with E-state index in [9.17, 15) is 0 Å². The quantitative estimate of drug-likeness (QED) is 0.275. The lowest BCUT2D eigenvalue weighted by atomic mass is 9.98. The third-order valence-corrected chi connectivity index (χ3v) is 5.92. The van der Waals surface area contributed by atoms with Crippen LogP contribution in [0.2, 0.25) is 0 Å². The number of imidazole rings is 1. The van der Waals surface area contributed by atoms with Gasteiger partial charge in [0.05, 0.1) is 7.11 Å². The number of guanidine groups is 1. The molecule has 2 heterocycles. The Balaban J connectivity index is 0.00000289. The van der Waals surface area contributed by atoms with E-state index in [2.05, 4.69) is 67.4 Å². The van der Waals surface area contributed by atoms with Gasteiger partial charge < -0.3 is 19.5 Å². The first-order chi connectivity index (χ1) is 15.3. The van der Waals surface area contributed by atoms with Gasteiger partial charge in [-0.15, -0.1) is 24.0 Å². The molecule has 32 heavy (non-hydrogen) atoms. The fourth-order valence-electron chi connectivity index (χ4n) is 4.21. The summed E-state index contributed by atoms with van der Waals surface area (Å²) in [4.78, 5) is 11.4. The van der Waals surface area contributed by atoms with Crippen molar-refractivity contribution in [2.24, 2.45) is 4.99 Å². The zero-order chi connectivity index (χ0) is 21.5. The largest absolute Gasteiger partial charge is 0.497 e. The molecular weight excluding hydrogens is 513 g/mol. The minimum atomic E-state index is 0. The third-order valence-electron chi connectivity index (χ3n) is 5.92. The average molecular weight is 545 g/mol. The second kappa shape index (κ2) is 11.9. The van der Waals surface area contributed by atoms with E-state index in [1.54, 1.807) is 7.11 Å². The van der Waals surface area contributed by atoms with Gasteiger partial charge in [0, 0.05) is 58.0 Å². The highest BCUT2D eigenvalue weighted by molar-refractivity contribution is 14.0. The van der Waals surface area contributed by atoms with Crippen LogP contribution in [-0.4, -0.2) is 54.2 Å². The molecule has 1 aromatic heterocycles. The van der Waals surface area contributed by atoms with Crippen molar-refractivity contribution in [2.45, 2.75) is 25.3 Å². The highest BCUT2D eigenvalue weighted by Crippen LogP contribution is 2.28.